The number of nitrogens with zero attached hydrogens (tertiary/aromatic N) is 1. The third-order valence-electron chi connectivity index (χ3n) is 1.35. The molecule has 0 spiro atoms. The van der Waals surface area contributed by atoms with Crippen molar-refractivity contribution in [3.8, 4) is 0 Å². The number of alkyl halides is 2. The molecule has 0 fully saturated rings. The van der Waals surface area contributed by atoms with Crippen LogP contribution in [0.5, 0.6) is 0 Å². The van der Waals surface area contributed by atoms with Crippen molar-refractivity contribution in [3.63, 3.8) is 0 Å². The summed E-state index contributed by atoms with van der Waals surface area (Å²) >= 11 is 0. The summed E-state index contributed by atoms with van der Waals surface area (Å²) in [6.07, 6.45) is -2.30. The molecule has 0 saturated heterocycles. The van der Waals surface area contributed by atoms with Crippen LogP contribution in [0.2, 0.25) is 0 Å². The van der Waals surface area contributed by atoms with E-state index >= 15 is 0 Å². The van der Waals surface area contributed by atoms with Gasteiger partial charge in [-0.25, -0.2) is 18.0 Å². The molecule has 0 aliphatic carbocycles. The van der Waals surface area contributed by atoms with Crippen molar-refractivity contribution < 1.29 is 23.1 Å². The van der Waals surface area contributed by atoms with E-state index in [0.717, 1.165) is 12.3 Å². The molecule has 0 aliphatic heterocycles. The maximum absolute atomic E-state index is 12.7. The van der Waals surface area contributed by atoms with E-state index in [2.05, 4.69) is 4.98 Å². The van der Waals surface area contributed by atoms with Gasteiger partial charge in [-0.2, -0.15) is 0 Å². The summed E-state index contributed by atoms with van der Waals surface area (Å²) in [5.41, 5.74) is -2.12. The Morgan fingerprint density at radius 2 is 2.15 bits per heavy atom. The fraction of sp³-hybridized carbons (Fsp3) is 0.143. The van der Waals surface area contributed by atoms with Crippen LogP contribution in [0.1, 0.15) is 22.5 Å². The summed E-state index contributed by atoms with van der Waals surface area (Å²) in [5, 5.41) is 8.38. The lowest BCUT2D eigenvalue weighted by Gasteiger charge is -2.03. The molecule has 1 N–H and O–H groups in total. The van der Waals surface area contributed by atoms with E-state index in [1.165, 1.54) is 0 Å². The SMILES string of the molecule is O=C(O)c1c(F)ccnc1C(F)F. The maximum atomic E-state index is 12.7. The Bertz CT molecular complexity index is 341. The summed E-state index contributed by atoms with van der Waals surface area (Å²) in [7, 11) is 0. The van der Waals surface area contributed by atoms with E-state index in [0.29, 0.717) is 0 Å². The number of hydrogen-bond donors (Lipinski definition) is 1. The molecule has 0 unspecified atom stereocenters. The molecule has 0 amide bonds. The smallest absolute Gasteiger partial charge is 0.340 e. The molecule has 0 saturated carbocycles. The van der Waals surface area contributed by atoms with Crippen LogP contribution in [0.3, 0.4) is 0 Å². The predicted octanol–water partition coefficient (Wildman–Crippen LogP) is 1.86. The van der Waals surface area contributed by atoms with Crippen LogP contribution in [0.4, 0.5) is 13.2 Å². The molecular weight excluding hydrogens is 187 g/mol. The van der Waals surface area contributed by atoms with Crippen molar-refractivity contribution in [3.05, 3.63) is 29.3 Å². The highest BCUT2D eigenvalue weighted by atomic mass is 19.3. The van der Waals surface area contributed by atoms with Gasteiger partial charge in [0.15, 0.2) is 0 Å². The number of hydrogen-bond acceptors (Lipinski definition) is 2. The summed E-state index contributed by atoms with van der Waals surface area (Å²) in [6, 6.07) is 0.718. The number of aromatic carboxylic acids is 1. The van der Waals surface area contributed by atoms with Crippen LogP contribution in [0.25, 0.3) is 0 Å². The average molecular weight is 191 g/mol. The first-order valence-electron chi connectivity index (χ1n) is 3.20. The van der Waals surface area contributed by atoms with Gasteiger partial charge in [-0.1, -0.05) is 0 Å². The van der Waals surface area contributed by atoms with Crippen LogP contribution >= 0.6 is 0 Å². The van der Waals surface area contributed by atoms with E-state index in [4.69, 9.17) is 5.11 Å². The topological polar surface area (TPSA) is 50.2 Å². The van der Waals surface area contributed by atoms with Gasteiger partial charge in [0.2, 0.25) is 0 Å². The van der Waals surface area contributed by atoms with Crippen LogP contribution in [0.15, 0.2) is 12.3 Å². The molecule has 6 heteroatoms. The van der Waals surface area contributed by atoms with Crippen LogP contribution in [-0.2, 0) is 0 Å². The van der Waals surface area contributed by atoms with Crippen molar-refractivity contribution in [1.82, 2.24) is 4.98 Å². The van der Waals surface area contributed by atoms with Gasteiger partial charge in [-0.05, 0) is 6.07 Å². The van der Waals surface area contributed by atoms with Gasteiger partial charge in [0.25, 0.3) is 6.43 Å². The molecule has 3 nitrogen and oxygen atoms in total. The number of aromatic nitrogens is 1. The summed E-state index contributed by atoms with van der Waals surface area (Å²) in [5.74, 6) is -2.96. The van der Waals surface area contributed by atoms with Gasteiger partial charge in [-0.15, -0.1) is 0 Å². The second-order valence-electron chi connectivity index (χ2n) is 2.16. The molecule has 0 bridgehead atoms. The van der Waals surface area contributed by atoms with Crippen molar-refractivity contribution in [2.24, 2.45) is 0 Å². The highest BCUT2D eigenvalue weighted by molar-refractivity contribution is 5.89. The molecule has 0 aromatic carbocycles. The largest absolute Gasteiger partial charge is 0.478 e. The number of carbonyl (C=O) groups is 1. The minimum Gasteiger partial charge on any atom is -0.478 e. The van der Waals surface area contributed by atoms with E-state index in [-0.39, 0.29) is 0 Å². The van der Waals surface area contributed by atoms with E-state index in [9.17, 15) is 18.0 Å². The zero-order chi connectivity index (χ0) is 10.0. The Balaban J connectivity index is 3.34. The lowest BCUT2D eigenvalue weighted by Crippen LogP contribution is -2.08. The van der Waals surface area contributed by atoms with Gasteiger partial charge >= 0.3 is 5.97 Å². The van der Waals surface area contributed by atoms with Gasteiger partial charge in [0.05, 0.1) is 0 Å². The quantitative estimate of drug-likeness (QED) is 0.776. The summed E-state index contributed by atoms with van der Waals surface area (Å²) < 4.78 is 36.9. The zero-order valence-electron chi connectivity index (χ0n) is 6.17. The first kappa shape index (κ1) is 9.50. The summed E-state index contributed by atoms with van der Waals surface area (Å²) in [6.45, 7) is 0. The van der Waals surface area contributed by atoms with Crippen molar-refractivity contribution in [2.75, 3.05) is 0 Å². The molecule has 70 valence electrons. The Kier molecular flexibility index (Phi) is 2.50. The fourth-order valence-electron chi connectivity index (χ4n) is 0.830. The molecule has 1 aromatic heterocycles. The predicted molar refractivity (Wildman–Crippen MR) is 36.1 cm³/mol. The van der Waals surface area contributed by atoms with Crippen molar-refractivity contribution in [2.45, 2.75) is 6.43 Å². The number of rotatable bonds is 2. The maximum Gasteiger partial charge on any atom is 0.340 e. The van der Waals surface area contributed by atoms with Crippen molar-refractivity contribution in [1.29, 1.82) is 0 Å². The molecule has 13 heavy (non-hydrogen) atoms. The fourth-order valence-corrected chi connectivity index (χ4v) is 0.830. The van der Waals surface area contributed by atoms with Gasteiger partial charge < -0.3 is 5.11 Å². The lowest BCUT2D eigenvalue weighted by atomic mass is 10.2. The molecule has 0 aliphatic rings. The lowest BCUT2D eigenvalue weighted by molar-refractivity contribution is 0.0676. The Morgan fingerprint density at radius 1 is 1.54 bits per heavy atom. The molecular formula is C7H4F3NO2. The Labute approximate surface area is 70.8 Å². The molecule has 1 aromatic rings. The third kappa shape index (κ3) is 1.77. The van der Waals surface area contributed by atoms with Gasteiger partial charge in [-0.3, -0.25) is 4.98 Å². The van der Waals surface area contributed by atoms with Crippen LogP contribution < -0.4 is 0 Å². The highest BCUT2D eigenvalue weighted by Gasteiger charge is 2.22. The molecule has 1 heterocycles. The standard InChI is InChI=1S/C7H4F3NO2/c8-3-1-2-11-5(6(9)10)4(3)7(12)13/h1-2,6H,(H,12,13). The van der Waals surface area contributed by atoms with E-state index in [1.54, 1.807) is 0 Å². The number of carboxylic acids is 1. The average Bonchev–Trinajstić information content (AvgIpc) is 2.02. The summed E-state index contributed by atoms with van der Waals surface area (Å²) in [4.78, 5) is 13.4. The third-order valence-corrected chi connectivity index (χ3v) is 1.35. The zero-order valence-corrected chi connectivity index (χ0v) is 6.17. The second-order valence-corrected chi connectivity index (χ2v) is 2.16. The van der Waals surface area contributed by atoms with Gasteiger partial charge in [0.1, 0.15) is 17.1 Å². The Morgan fingerprint density at radius 3 is 2.54 bits per heavy atom. The number of halogens is 3. The molecule has 1 rings (SSSR count). The first-order valence-corrected chi connectivity index (χ1v) is 3.20. The normalized spacial score (nSPS) is 10.5. The minimum atomic E-state index is -3.10. The molecule has 0 radical (unpaired) electrons. The van der Waals surface area contributed by atoms with E-state index in [1.807, 2.05) is 0 Å². The highest BCUT2D eigenvalue weighted by Crippen LogP contribution is 2.22. The monoisotopic (exact) mass is 191 g/mol. The van der Waals surface area contributed by atoms with Crippen LogP contribution in [0, 0.1) is 5.82 Å². The number of carboxylic acid groups (broad SMARTS) is 1. The molecule has 0 atom stereocenters. The second kappa shape index (κ2) is 3.42. The minimum absolute atomic E-state index is 0.718. The number of pyridine rings is 1. The van der Waals surface area contributed by atoms with Gasteiger partial charge in [0, 0.05) is 6.20 Å². The Hall–Kier alpha value is -1.59. The van der Waals surface area contributed by atoms with Crippen molar-refractivity contribution >= 4 is 5.97 Å². The van der Waals surface area contributed by atoms with Crippen LogP contribution in [-0.4, -0.2) is 16.1 Å². The van der Waals surface area contributed by atoms with E-state index < -0.39 is 29.5 Å². The first-order chi connectivity index (χ1) is 6.04.